The van der Waals surface area contributed by atoms with Crippen LogP contribution >= 0.6 is 28.1 Å². The van der Waals surface area contributed by atoms with Crippen molar-refractivity contribution in [3.63, 3.8) is 0 Å². The molecule has 0 radical (unpaired) electrons. The molecule has 0 amide bonds. The Morgan fingerprint density at radius 1 is 1.03 bits per heavy atom. The quantitative estimate of drug-likeness (QED) is 0.475. The lowest BCUT2D eigenvalue weighted by atomic mass is 10.0. The first-order valence-electron chi connectivity index (χ1n) is 10.1. The van der Waals surface area contributed by atoms with Crippen molar-refractivity contribution in [2.24, 2.45) is 0 Å². The average Bonchev–Trinajstić information content (AvgIpc) is 3.48. The Hall–Kier alpha value is -2.18. The van der Waals surface area contributed by atoms with Crippen LogP contribution in [0.4, 0.5) is 0 Å². The third kappa shape index (κ3) is 3.60. The normalized spacial score (nSPS) is 22.2. The van der Waals surface area contributed by atoms with E-state index in [1.54, 1.807) is 0 Å². The minimum atomic E-state index is -0.0202. The minimum absolute atomic E-state index is 0.00435. The zero-order valence-electron chi connectivity index (χ0n) is 15.9. The van der Waals surface area contributed by atoms with Crippen LogP contribution in [0.3, 0.4) is 0 Å². The average molecular weight is 468 g/mol. The van der Waals surface area contributed by atoms with Crippen LogP contribution in [0, 0.1) is 0 Å². The number of hydrogen-bond donors (Lipinski definition) is 1. The van der Waals surface area contributed by atoms with Gasteiger partial charge in [-0.15, -0.1) is 0 Å². The summed E-state index contributed by atoms with van der Waals surface area (Å²) >= 11 is 9.28. The summed E-state index contributed by atoms with van der Waals surface area (Å²) in [4.78, 5) is 6.98. The van der Waals surface area contributed by atoms with E-state index in [0.717, 1.165) is 32.4 Å². The van der Waals surface area contributed by atoms with Gasteiger partial charge in [0.15, 0.2) is 5.11 Å². The van der Waals surface area contributed by atoms with Crippen molar-refractivity contribution in [1.29, 1.82) is 0 Å². The fraction of sp³-hybridized carbons (Fsp3) is 0.304. The zero-order chi connectivity index (χ0) is 19.8. The molecule has 1 aliphatic heterocycles. The van der Waals surface area contributed by atoms with Crippen molar-refractivity contribution in [3.05, 3.63) is 76.7 Å². The van der Waals surface area contributed by atoms with Gasteiger partial charge in [-0.05, 0) is 61.5 Å². The molecule has 1 saturated heterocycles. The summed E-state index contributed by atoms with van der Waals surface area (Å²) in [6, 6.07) is 18.8. The van der Waals surface area contributed by atoms with Crippen molar-refractivity contribution in [1.82, 2.24) is 15.2 Å². The third-order valence-corrected chi connectivity index (χ3v) is 6.76. The fourth-order valence-corrected chi connectivity index (χ4v) is 5.18. The summed E-state index contributed by atoms with van der Waals surface area (Å²) in [6.07, 6.45) is 6.70. The maximum absolute atomic E-state index is 6.40. The molecular formula is C23H22BrN3OS. The van der Waals surface area contributed by atoms with Crippen LogP contribution in [-0.2, 0) is 0 Å². The number of rotatable bonds is 4. The molecule has 29 heavy (non-hydrogen) atoms. The van der Waals surface area contributed by atoms with Gasteiger partial charge in [-0.2, -0.15) is 0 Å². The number of pyridine rings is 1. The Morgan fingerprint density at radius 2 is 1.83 bits per heavy atom. The zero-order valence-corrected chi connectivity index (χ0v) is 18.3. The molecule has 1 N–H and O–H groups in total. The second-order valence-electron chi connectivity index (χ2n) is 7.68. The highest BCUT2D eigenvalue weighted by atomic mass is 79.9. The number of furan rings is 1. The van der Waals surface area contributed by atoms with E-state index in [1.165, 1.54) is 25.7 Å². The monoisotopic (exact) mass is 467 g/mol. The van der Waals surface area contributed by atoms with Gasteiger partial charge in [-0.1, -0.05) is 47.0 Å². The van der Waals surface area contributed by atoms with Crippen molar-refractivity contribution in [2.45, 2.75) is 43.8 Å². The van der Waals surface area contributed by atoms with Gasteiger partial charge in [-0.25, -0.2) is 0 Å². The highest BCUT2D eigenvalue weighted by Crippen LogP contribution is 2.44. The van der Waals surface area contributed by atoms with E-state index in [0.29, 0.717) is 6.04 Å². The highest BCUT2D eigenvalue weighted by Gasteiger charge is 2.45. The van der Waals surface area contributed by atoms with E-state index in [4.69, 9.17) is 16.6 Å². The van der Waals surface area contributed by atoms with Gasteiger partial charge >= 0.3 is 0 Å². The molecule has 0 spiro atoms. The van der Waals surface area contributed by atoms with E-state index in [2.05, 4.69) is 61.5 Å². The summed E-state index contributed by atoms with van der Waals surface area (Å²) in [6.45, 7) is 0. The van der Waals surface area contributed by atoms with E-state index >= 15 is 0 Å². The Labute approximate surface area is 184 Å². The van der Waals surface area contributed by atoms with Crippen LogP contribution in [0.2, 0.25) is 0 Å². The Balaban J connectivity index is 1.54. The largest absolute Gasteiger partial charge is 0.459 e. The van der Waals surface area contributed by atoms with Crippen molar-refractivity contribution < 1.29 is 4.42 Å². The first kappa shape index (κ1) is 18.8. The van der Waals surface area contributed by atoms with E-state index in [1.807, 2.05) is 30.5 Å². The molecule has 3 heterocycles. The van der Waals surface area contributed by atoms with Crippen LogP contribution in [0.1, 0.15) is 49.2 Å². The minimum Gasteiger partial charge on any atom is -0.459 e. The van der Waals surface area contributed by atoms with Crippen LogP contribution in [0.5, 0.6) is 0 Å². The molecule has 0 unspecified atom stereocenters. The van der Waals surface area contributed by atoms with Gasteiger partial charge in [0.2, 0.25) is 0 Å². The number of halogens is 1. The third-order valence-electron chi connectivity index (χ3n) is 5.90. The number of aromatic nitrogens is 1. The molecule has 5 rings (SSSR count). The lowest BCUT2D eigenvalue weighted by molar-refractivity contribution is 0.218. The van der Waals surface area contributed by atoms with Crippen LogP contribution < -0.4 is 5.32 Å². The van der Waals surface area contributed by atoms with Gasteiger partial charge < -0.3 is 14.6 Å². The molecule has 2 aromatic heterocycles. The van der Waals surface area contributed by atoms with Crippen LogP contribution in [0.15, 0.2) is 69.7 Å². The molecule has 1 aliphatic carbocycles. The van der Waals surface area contributed by atoms with Gasteiger partial charge in [0.05, 0.1) is 11.7 Å². The maximum Gasteiger partial charge on any atom is 0.170 e. The number of benzene rings is 1. The molecule has 2 atom stereocenters. The standard InChI is InChI=1S/C23H22BrN3OS/c24-16-10-8-15(9-11-16)19-12-13-20(28-19)22-21(18-7-3-4-14-25-18)26-23(29)27(22)17-5-1-2-6-17/h3-4,7-14,17,21-22H,1-2,5-6H2,(H,26,29)/t21-,22+/m1/s1. The van der Waals surface area contributed by atoms with Gasteiger partial charge in [-0.3, -0.25) is 4.98 Å². The second-order valence-corrected chi connectivity index (χ2v) is 8.98. The predicted molar refractivity (Wildman–Crippen MR) is 121 cm³/mol. The lowest BCUT2D eigenvalue weighted by Gasteiger charge is -2.31. The Kier molecular flexibility index (Phi) is 5.14. The van der Waals surface area contributed by atoms with Gasteiger partial charge in [0.25, 0.3) is 0 Å². The predicted octanol–water partition coefficient (Wildman–Crippen LogP) is 6.02. The molecule has 148 valence electrons. The molecular weight excluding hydrogens is 446 g/mol. The number of nitrogens with one attached hydrogen (secondary N) is 1. The van der Waals surface area contributed by atoms with E-state index in [-0.39, 0.29) is 12.1 Å². The number of thiocarbonyl (C=S) groups is 1. The van der Waals surface area contributed by atoms with Gasteiger partial charge in [0, 0.05) is 22.3 Å². The topological polar surface area (TPSA) is 41.3 Å². The molecule has 1 saturated carbocycles. The number of hydrogen-bond acceptors (Lipinski definition) is 3. The number of nitrogens with zero attached hydrogens (tertiary/aromatic N) is 2. The Bertz CT molecular complexity index is 998. The van der Waals surface area contributed by atoms with Crippen LogP contribution in [-0.4, -0.2) is 21.0 Å². The SMILES string of the molecule is S=C1N[C@H](c2ccccn2)[C@H](c2ccc(-c3ccc(Br)cc3)o2)N1C1CCCC1. The molecule has 3 aromatic rings. The summed E-state index contributed by atoms with van der Waals surface area (Å²) in [7, 11) is 0. The summed E-state index contributed by atoms with van der Waals surface area (Å²) in [5.41, 5.74) is 2.05. The molecule has 1 aromatic carbocycles. The molecule has 2 fully saturated rings. The lowest BCUT2D eigenvalue weighted by Crippen LogP contribution is -2.37. The second kappa shape index (κ2) is 7.92. The first-order valence-corrected chi connectivity index (χ1v) is 11.3. The first-order chi connectivity index (χ1) is 14.2. The molecule has 0 bridgehead atoms. The van der Waals surface area contributed by atoms with Crippen molar-refractivity contribution in [3.8, 4) is 11.3 Å². The summed E-state index contributed by atoms with van der Waals surface area (Å²) < 4.78 is 7.46. The maximum atomic E-state index is 6.40. The fourth-order valence-electron chi connectivity index (χ4n) is 4.53. The molecule has 4 nitrogen and oxygen atoms in total. The van der Waals surface area contributed by atoms with Crippen molar-refractivity contribution in [2.75, 3.05) is 0 Å². The molecule has 2 aliphatic rings. The van der Waals surface area contributed by atoms with Crippen LogP contribution in [0.25, 0.3) is 11.3 Å². The smallest absolute Gasteiger partial charge is 0.170 e. The van der Waals surface area contributed by atoms with E-state index in [9.17, 15) is 0 Å². The van der Waals surface area contributed by atoms with Gasteiger partial charge in [0.1, 0.15) is 17.6 Å². The van der Waals surface area contributed by atoms with E-state index < -0.39 is 0 Å². The van der Waals surface area contributed by atoms with Crippen molar-refractivity contribution >= 4 is 33.3 Å². The summed E-state index contributed by atoms with van der Waals surface area (Å²) in [5.74, 6) is 1.80. The highest BCUT2D eigenvalue weighted by molar-refractivity contribution is 9.10. The molecule has 6 heteroatoms. The Morgan fingerprint density at radius 3 is 2.55 bits per heavy atom. The summed E-state index contributed by atoms with van der Waals surface area (Å²) in [5, 5.41) is 4.34.